The van der Waals surface area contributed by atoms with E-state index in [4.69, 9.17) is 14.2 Å². The lowest BCUT2D eigenvalue weighted by Gasteiger charge is -2.24. The highest BCUT2D eigenvalue weighted by atomic mass is 16.7. The van der Waals surface area contributed by atoms with Gasteiger partial charge in [0.25, 0.3) is 0 Å². The van der Waals surface area contributed by atoms with Gasteiger partial charge in [0.1, 0.15) is 11.7 Å². The van der Waals surface area contributed by atoms with Crippen molar-refractivity contribution in [1.29, 1.82) is 0 Å². The van der Waals surface area contributed by atoms with Gasteiger partial charge in [-0.3, -0.25) is 0 Å². The summed E-state index contributed by atoms with van der Waals surface area (Å²) < 4.78 is 15.3. The highest BCUT2D eigenvalue weighted by Crippen LogP contribution is 2.34. The molecular formula is C15H19NO7. The molecule has 0 aromatic heterocycles. The maximum absolute atomic E-state index is 11.7. The molecule has 2 rings (SSSR count). The number of rotatable bonds is 4. The highest BCUT2D eigenvalue weighted by Gasteiger charge is 2.32. The van der Waals surface area contributed by atoms with Crippen molar-refractivity contribution >= 4 is 12.1 Å². The maximum atomic E-state index is 11.7. The molecule has 1 aliphatic rings. The summed E-state index contributed by atoms with van der Waals surface area (Å²) in [6.45, 7) is 5.01. The molecule has 0 fully saturated rings. The van der Waals surface area contributed by atoms with Crippen LogP contribution in [0.15, 0.2) is 18.2 Å². The molecule has 23 heavy (non-hydrogen) atoms. The van der Waals surface area contributed by atoms with E-state index in [1.165, 1.54) is 12.1 Å². The number of amides is 1. The zero-order valence-electron chi connectivity index (χ0n) is 13.0. The Balaban J connectivity index is 2.14. The second-order valence-electron chi connectivity index (χ2n) is 6.02. The van der Waals surface area contributed by atoms with Crippen LogP contribution in [0.1, 0.15) is 32.4 Å². The van der Waals surface area contributed by atoms with Crippen LogP contribution in [0.4, 0.5) is 4.79 Å². The summed E-state index contributed by atoms with van der Waals surface area (Å²) in [6, 6.07) is 2.97. The van der Waals surface area contributed by atoms with Crippen molar-refractivity contribution in [3.8, 4) is 11.5 Å². The minimum atomic E-state index is -1.56. The Morgan fingerprint density at radius 2 is 1.91 bits per heavy atom. The molecule has 2 unspecified atom stereocenters. The molecule has 0 spiro atoms. The molecule has 0 saturated heterocycles. The molecule has 8 nitrogen and oxygen atoms in total. The van der Waals surface area contributed by atoms with E-state index in [0.29, 0.717) is 11.5 Å². The summed E-state index contributed by atoms with van der Waals surface area (Å²) in [4.78, 5) is 23.1. The molecule has 0 saturated carbocycles. The number of alkyl carbamates (subject to hydrolysis) is 1. The molecule has 1 aliphatic heterocycles. The summed E-state index contributed by atoms with van der Waals surface area (Å²) in [5.74, 6) is -0.475. The minimum absolute atomic E-state index is 0.0629. The molecule has 2 atom stereocenters. The molecule has 1 aromatic carbocycles. The molecule has 1 aromatic rings. The van der Waals surface area contributed by atoms with Crippen LogP contribution in [0.2, 0.25) is 0 Å². The van der Waals surface area contributed by atoms with Crippen molar-refractivity contribution in [1.82, 2.24) is 5.32 Å². The monoisotopic (exact) mass is 325 g/mol. The lowest BCUT2D eigenvalue weighted by molar-refractivity contribution is -0.142. The van der Waals surface area contributed by atoms with Gasteiger partial charge in [-0.2, -0.15) is 0 Å². The molecular weight excluding hydrogens is 306 g/mol. The first kappa shape index (κ1) is 16.9. The summed E-state index contributed by atoms with van der Waals surface area (Å²) in [5, 5.41) is 21.7. The van der Waals surface area contributed by atoms with Gasteiger partial charge in [0.2, 0.25) is 6.79 Å². The van der Waals surface area contributed by atoms with E-state index in [1.807, 2.05) is 0 Å². The van der Waals surface area contributed by atoms with Crippen LogP contribution in [-0.4, -0.2) is 40.7 Å². The van der Waals surface area contributed by atoms with E-state index < -0.39 is 29.8 Å². The van der Waals surface area contributed by atoms with Crippen molar-refractivity contribution in [2.75, 3.05) is 6.79 Å². The van der Waals surface area contributed by atoms with Gasteiger partial charge < -0.3 is 29.7 Å². The second kappa shape index (κ2) is 6.33. The van der Waals surface area contributed by atoms with Crippen LogP contribution in [0.25, 0.3) is 0 Å². The SMILES string of the molecule is CC(C)(C)OC(=O)NC(C(=O)O)C(O)c1ccc2c(c1)OCO2. The number of hydrogen-bond acceptors (Lipinski definition) is 6. The highest BCUT2D eigenvalue weighted by molar-refractivity contribution is 5.81. The molecule has 3 N–H and O–H groups in total. The summed E-state index contributed by atoms with van der Waals surface area (Å²) in [5.41, 5.74) is -0.505. The number of aliphatic hydroxyl groups is 1. The predicted octanol–water partition coefficient (Wildman–Crippen LogP) is 1.43. The molecule has 8 heteroatoms. The van der Waals surface area contributed by atoms with Crippen molar-refractivity contribution in [2.24, 2.45) is 0 Å². The van der Waals surface area contributed by atoms with E-state index in [0.717, 1.165) is 0 Å². The van der Waals surface area contributed by atoms with Gasteiger partial charge in [0, 0.05) is 0 Å². The number of carboxylic acids is 1. The normalized spacial score (nSPS) is 15.7. The first-order valence-electron chi connectivity index (χ1n) is 6.97. The quantitative estimate of drug-likeness (QED) is 0.767. The lowest BCUT2D eigenvalue weighted by atomic mass is 10.0. The van der Waals surface area contributed by atoms with Gasteiger partial charge >= 0.3 is 12.1 Å². The van der Waals surface area contributed by atoms with Crippen molar-refractivity contribution < 1.29 is 34.0 Å². The van der Waals surface area contributed by atoms with E-state index >= 15 is 0 Å². The van der Waals surface area contributed by atoms with E-state index in [1.54, 1.807) is 26.8 Å². The van der Waals surface area contributed by atoms with Crippen LogP contribution in [0.5, 0.6) is 11.5 Å². The smallest absolute Gasteiger partial charge is 0.408 e. The first-order chi connectivity index (χ1) is 10.7. The topological polar surface area (TPSA) is 114 Å². The maximum Gasteiger partial charge on any atom is 0.408 e. The predicted molar refractivity (Wildman–Crippen MR) is 78.3 cm³/mol. The average molecular weight is 325 g/mol. The fourth-order valence-corrected chi connectivity index (χ4v) is 2.00. The Hall–Kier alpha value is -2.48. The van der Waals surface area contributed by atoms with Crippen LogP contribution in [0, 0.1) is 0 Å². The third-order valence-corrected chi connectivity index (χ3v) is 2.99. The lowest BCUT2D eigenvalue weighted by Crippen LogP contribution is -2.46. The molecule has 0 aliphatic carbocycles. The summed E-state index contributed by atoms with van der Waals surface area (Å²) in [6.07, 6.45) is -2.40. The van der Waals surface area contributed by atoms with Crippen LogP contribution in [0.3, 0.4) is 0 Å². The van der Waals surface area contributed by atoms with Crippen LogP contribution >= 0.6 is 0 Å². The Labute approximate surface area is 133 Å². The summed E-state index contributed by atoms with van der Waals surface area (Å²) in [7, 11) is 0. The number of carboxylic acid groups (broad SMARTS) is 1. The minimum Gasteiger partial charge on any atom is -0.480 e. The zero-order valence-corrected chi connectivity index (χ0v) is 13.0. The number of hydrogen-bond donors (Lipinski definition) is 3. The van der Waals surface area contributed by atoms with Crippen LogP contribution < -0.4 is 14.8 Å². The molecule has 1 amide bonds. The number of carbonyl (C=O) groups is 2. The largest absolute Gasteiger partial charge is 0.480 e. The number of aliphatic hydroxyl groups excluding tert-OH is 1. The molecule has 0 bridgehead atoms. The third kappa shape index (κ3) is 4.26. The Bertz CT molecular complexity index is 608. The second-order valence-corrected chi connectivity index (χ2v) is 6.02. The Kier molecular flexibility index (Phi) is 4.65. The number of nitrogens with one attached hydrogen (secondary N) is 1. The average Bonchev–Trinajstić information content (AvgIpc) is 2.89. The first-order valence-corrected chi connectivity index (χ1v) is 6.97. The number of benzene rings is 1. The number of fused-ring (bicyclic) bond motifs is 1. The fraction of sp³-hybridized carbons (Fsp3) is 0.467. The standard InChI is InChI=1S/C15H19NO7/c1-15(2,3)23-14(20)16-11(13(18)19)12(17)8-4-5-9-10(6-8)22-7-21-9/h4-6,11-12,17H,7H2,1-3H3,(H,16,20)(H,18,19). The fourth-order valence-electron chi connectivity index (χ4n) is 2.00. The number of carbonyl (C=O) groups excluding carboxylic acids is 1. The van der Waals surface area contributed by atoms with Gasteiger partial charge in [-0.05, 0) is 38.5 Å². The van der Waals surface area contributed by atoms with Crippen LogP contribution in [-0.2, 0) is 9.53 Å². The number of ether oxygens (including phenoxy) is 3. The molecule has 1 heterocycles. The number of aliphatic carboxylic acids is 1. The third-order valence-electron chi connectivity index (χ3n) is 2.99. The molecule has 126 valence electrons. The van der Waals surface area contributed by atoms with Gasteiger partial charge in [-0.1, -0.05) is 6.07 Å². The van der Waals surface area contributed by atoms with E-state index in [9.17, 15) is 19.8 Å². The van der Waals surface area contributed by atoms with Gasteiger partial charge in [0.05, 0.1) is 0 Å². The zero-order chi connectivity index (χ0) is 17.2. The van der Waals surface area contributed by atoms with E-state index in [-0.39, 0.29) is 12.4 Å². The van der Waals surface area contributed by atoms with Gasteiger partial charge in [-0.15, -0.1) is 0 Å². The Morgan fingerprint density at radius 3 is 2.52 bits per heavy atom. The summed E-state index contributed by atoms with van der Waals surface area (Å²) >= 11 is 0. The van der Waals surface area contributed by atoms with Gasteiger partial charge in [0.15, 0.2) is 17.5 Å². The van der Waals surface area contributed by atoms with E-state index in [2.05, 4.69) is 5.32 Å². The van der Waals surface area contributed by atoms with Crippen molar-refractivity contribution in [3.63, 3.8) is 0 Å². The van der Waals surface area contributed by atoms with Crippen molar-refractivity contribution in [2.45, 2.75) is 38.5 Å². The van der Waals surface area contributed by atoms with Crippen molar-refractivity contribution in [3.05, 3.63) is 23.8 Å². The Morgan fingerprint density at radius 1 is 1.26 bits per heavy atom. The molecule has 0 radical (unpaired) electrons. The van der Waals surface area contributed by atoms with Gasteiger partial charge in [-0.25, -0.2) is 9.59 Å².